The SMILES string of the molecule is Cc1cc(C(=O)C[n+]2cccc(O)c2)c(C)n1C. The van der Waals surface area contributed by atoms with Crippen molar-refractivity contribution in [3.8, 4) is 5.75 Å². The molecular formula is C14H17N2O2+. The molecule has 2 aromatic rings. The number of carbonyl (C=O) groups excluding carboxylic acids is 1. The lowest BCUT2D eigenvalue weighted by molar-refractivity contribution is -0.683. The number of nitrogens with zero attached hydrogens (tertiary/aromatic N) is 2. The highest BCUT2D eigenvalue weighted by atomic mass is 16.3. The fourth-order valence-electron chi connectivity index (χ4n) is 2.00. The molecule has 0 spiro atoms. The van der Waals surface area contributed by atoms with Crippen LogP contribution in [0.4, 0.5) is 0 Å². The molecule has 0 fully saturated rings. The number of hydrogen-bond acceptors (Lipinski definition) is 2. The summed E-state index contributed by atoms with van der Waals surface area (Å²) in [6.07, 6.45) is 3.31. The molecule has 94 valence electrons. The molecule has 0 aliphatic heterocycles. The third-order valence-corrected chi connectivity index (χ3v) is 3.24. The number of ketones is 1. The average molecular weight is 245 g/mol. The lowest BCUT2D eigenvalue weighted by Gasteiger charge is -2.00. The van der Waals surface area contributed by atoms with Crippen molar-refractivity contribution in [3.05, 3.63) is 47.5 Å². The fourth-order valence-corrected chi connectivity index (χ4v) is 2.00. The third-order valence-electron chi connectivity index (χ3n) is 3.24. The predicted octanol–water partition coefficient (Wildman–Crippen LogP) is 1.52. The quantitative estimate of drug-likeness (QED) is 0.658. The van der Waals surface area contributed by atoms with Crippen molar-refractivity contribution in [2.75, 3.05) is 0 Å². The molecule has 0 aliphatic carbocycles. The van der Waals surface area contributed by atoms with E-state index in [1.165, 1.54) is 0 Å². The maximum absolute atomic E-state index is 12.2. The number of hydrogen-bond donors (Lipinski definition) is 1. The van der Waals surface area contributed by atoms with E-state index in [1.54, 1.807) is 29.1 Å². The molecule has 0 atom stereocenters. The minimum Gasteiger partial charge on any atom is -0.503 e. The highest BCUT2D eigenvalue weighted by molar-refractivity contribution is 5.96. The minimum absolute atomic E-state index is 0.0480. The molecule has 0 saturated carbocycles. The molecule has 4 nitrogen and oxygen atoms in total. The van der Waals surface area contributed by atoms with Gasteiger partial charge >= 0.3 is 0 Å². The fraction of sp³-hybridized carbons (Fsp3) is 0.286. The Balaban J connectivity index is 2.25. The van der Waals surface area contributed by atoms with Crippen molar-refractivity contribution in [2.24, 2.45) is 7.05 Å². The summed E-state index contributed by atoms with van der Waals surface area (Å²) in [5, 5.41) is 9.36. The Morgan fingerprint density at radius 2 is 2.17 bits per heavy atom. The molecule has 0 amide bonds. The zero-order chi connectivity index (χ0) is 13.3. The van der Waals surface area contributed by atoms with Crippen LogP contribution in [0.3, 0.4) is 0 Å². The molecule has 0 aromatic carbocycles. The Morgan fingerprint density at radius 3 is 2.72 bits per heavy atom. The molecule has 2 rings (SSSR count). The van der Waals surface area contributed by atoms with Crippen LogP contribution in [0.15, 0.2) is 30.6 Å². The van der Waals surface area contributed by atoms with Crippen LogP contribution in [0.5, 0.6) is 5.75 Å². The summed E-state index contributed by atoms with van der Waals surface area (Å²) in [6, 6.07) is 5.20. The Labute approximate surface area is 106 Å². The van der Waals surface area contributed by atoms with Crippen molar-refractivity contribution in [2.45, 2.75) is 20.4 Å². The first kappa shape index (κ1) is 12.4. The summed E-state index contributed by atoms with van der Waals surface area (Å²) < 4.78 is 3.68. The number of carbonyl (C=O) groups is 1. The normalized spacial score (nSPS) is 10.6. The Hall–Kier alpha value is -2.10. The van der Waals surface area contributed by atoms with Crippen molar-refractivity contribution < 1.29 is 14.5 Å². The van der Waals surface area contributed by atoms with Gasteiger partial charge in [0.25, 0.3) is 0 Å². The number of aromatic nitrogens is 2. The maximum Gasteiger partial charge on any atom is 0.229 e. The number of aryl methyl sites for hydroxylation is 1. The van der Waals surface area contributed by atoms with E-state index in [2.05, 4.69) is 0 Å². The van der Waals surface area contributed by atoms with Crippen LogP contribution < -0.4 is 4.57 Å². The first-order chi connectivity index (χ1) is 8.49. The van der Waals surface area contributed by atoms with Gasteiger partial charge < -0.3 is 9.67 Å². The van der Waals surface area contributed by atoms with E-state index in [-0.39, 0.29) is 18.1 Å². The van der Waals surface area contributed by atoms with Gasteiger partial charge in [0, 0.05) is 30.1 Å². The number of pyridine rings is 1. The number of aromatic hydroxyl groups is 1. The van der Waals surface area contributed by atoms with E-state index in [1.807, 2.05) is 31.5 Å². The molecule has 0 bridgehead atoms. The molecule has 0 unspecified atom stereocenters. The van der Waals surface area contributed by atoms with E-state index < -0.39 is 0 Å². The topological polar surface area (TPSA) is 46.1 Å². The van der Waals surface area contributed by atoms with Gasteiger partial charge in [0.15, 0.2) is 11.9 Å². The Morgan fingerprint density at radius 1 is 1.44 bits per heavy atom. The van der Waals surface area contributed by atoms with Gasteiger partial charge in [0.05, 0.1) is 0 Å². The zero-order valence-corrected chi connectivity index (χ0v) is 10.8. The average Bonchev–Trinajstić information content (AvgIpc) is 2.57. The van der Waals surface area contributed by atoms with E-state index in [4.69, 9.17) is 0 Å². The standard InChI is InChI=1S/C14H16N2O2/c1-10-7-13(11(2)15(10)3)14(18)9-16-6-4-5-12(17)8-16/h4-8H,9H2,1-3H3/p+1. The molecule has 0 aliphatic rings. The van der Waals surface area contributed by atoms with Gasteiger partial charge in [0.2, 0.25) is 18.5 Å². The van der Waals surface area contributed by atoms with Crippen LogP contribution in [0.2, 0.25) is 0 Å². The number of rotatable bonds is 3. The van der Waals surface area contributed by atoms with Crippen molar-refractivity contribution in [1.29, 1.82) is 0 Å². The third kappa shape index (κ3) is 2.27. The summed E-state index contributed by atoms with van der Waals surface area (Å²) in [5.74, 6) is 0.207. The minimum atomic E-state index is 0.0480. The van der Waals surface area contributed by atoms with Gasteiger partial charge in [-0.2, -0.15) is 4.57 Å². The summed E-state index contributed by atoms with van der Waals surface area (Å²) in [7, 11) is 1.95. The second-order valence-electron chi connectivity index (χ2n) is 4.50. The van der Waals surface area contributed by atoms with Crippen LogP contribution in [0.25, 0.3) is 0 Å². The molecule has 4 heteroatoms. The van der Waals surface area contributed by atoms with Gasteiger partial charge in [-0.15, -0.1) is 0 Å². The molecule has 1 N–H and O–H groups in total. The lowest BCUT2D eigenvalue weighted by atomic mass is 10.1. The maximum atomic E-state index is 12.2. The van der Waals surface area contributed by atoms with E-state index >= 15 is 0 Å². The van der Waals surface area contributed by atoms with Gasteiger partial charge in [-0.3, -0.25) is 4.79 Å². The first-order valence-corrected chi connectivity index (χ1v) is 5.83. The molecule has 2 heterocycles. The molecule has 0 radical (unpaired) electrons. The van der Waals surface area contributed by atoms with Gasteiger partial charge in [-0.25, -0.2) is 0 Å². The van der Waals surface area contributed by atoms with Crippen LogP contribution in [-0.2, 0) is 13.6 Å². The Bertz CT molecular complexity index is 600. The van der Waals surface area contributed by atoms with Crippen molar-refractivity contribution in [1.82, 2.24) is 4.57 Å². The van der Waals surface area contributed by atoms with Crippen LogP contribution in [-0.4, -0.2) is 15.5 Å². The first-order valence-electron chi connectivity index (χ1n) is 5.83. The molecular weight excluding hydrogens is 228 g/mol. The van der Waals surface area contributed by atoms with E-state index in [9.17, 15) is 9.90 Å². The van der Waals surface area contributed by atoms with Crippen LogP contribution in [0.1, 0.15) is 21.7 Å². The van der Waals surface area contributed by atoms with Crippen LogP contribution in [0, 0.1) is 13.8 Å². The highest BCUT2D eigenvalue weighted by Crippen LogP contribution is 2.14. The zero-order valence-electron chi connectivity index (χ0n) is 10.8. The summed E-state index contributed by atoms with van der Waals surface area (Å²) >= 11 is 0. The molecule has 18 heavy (non-hydrogen) atoms. The van der Waals surface area contributed by atoms with Gasteiger partial charge in [-0.05, 0) is 26.0 Å². The van der Waals surface area contributed by atoms with Gasteiger partial charge in [-0.1, -0.05) is 0 Å². The second kappa shape index (κ2) is 4.64. The van der Waals surface area contributed by atoms with Crippen LogP contribution >= 0.6 is 0 Å². The van der Waals surface area contributed by atoms with E-state index in [0.717, 1.165) is 17.0 Å². The largest absolute Gasteiger partial charge is 0.503 e. The summed E-state index contributed by atoms with van der Waals surface area (Å²) in [4.78, 5) is 12.2. The molecule has 2 aromatic heterocycles. The number of Topliss-reactive ketones (excluding diaryl/α,β-unsaturated/α-hetero) is 1. The lowest BCUT2D eigenvalue weighted by Crippen LogP contribution is -2.37. The smallest absolute Gasteiger partial charge is 0.229 e. The summed E-state index contributed by atoms with van der Waals surface area (Å²) in [6.45, 7) is 4.15. The molecule has 0 saturated heterocycles. The highest BCUT2D eigenvalue weighted by Gasteiger charge is 2.17. The predicted molar refractivity (Wildman–Crippen MR) is 67.5 cm³/mol. The van der Waals surface area contributed by atoms with Gasteiger partial charge in [0.1, 0.15) is 0 Å². The van der Waals surface area contributed by atoms with Crippen molar-refractivity contribution >= 4 is 5.78 Å². The van der Waals surface area contributed by atoms with E-state index in [0.29, 0.717) is 0 Å². The van der Waals surface area contributed by atoms with Crippen molar-refractivity contribution in [3.63, 3.8) is 0 Å². The second-order valence-corrected chi connectivity index (χ2v) is 4.50. The summed E-state index contributed by atoms with van der Waals surface area (Å²) in [5.41, 5.74) is 2.78. The Kier molecular flexibility index (Phi) is 3.19. The monoisotopic (exact) mass is 245 g/mol.